The molecule has 12 nitrogen and oxygen atoms in total. The standard InChI is InChI=1S/C36H26Cl2F6N8O4/c37-19-5-1-2-6-21(19)51-31-17(9-13-25(46-31)35(39,40)41)30(50-33(51)55)48-28-18(14-24(28)54)15-4-3-7-22(27(15)38)52-32-16(8-12-26(47-32)36(42,43)44)29(49-34(52)56)45-20-10-11-23(20)53/h1-9,12-13,18,20,23-24,28,53-54H,10-11,14H2,(H,45,49,56)(H,48,50,55)/t18?,20-,23-,24-,28-/m1/s1. The van der Waals surface area contributed by atoms with E-state index in [0.717, 1.165) is 33.4 Å². The highest BCUT2D eigenvalue weighted by Gasteiger charge is 2.43. The normalized spacial score (nSPS) is 21.1. The van der Waals surface area contributed by atoms with E-state index in [1.807, 2.05) is 0 Å². The van der Waals surface area contributed by atoms with Crippen molar-refractivity contribution in [2.45, 2.75) is 61.8 Å². The third-order valence-electron chi connectivity index (χ3n) is 10.0. The maximum atomic E-state index is 13.9. The summed E-state index contributed by atoms with van der Waals surface area (Å²) in [5.74, 6) is -0.958. The molecule has 0 aliphatic heterocycles. The summed E-state index contributed by atoms with van der Waals surface area (Å²) >= 11 is 13.2. The Labute approximate surface area is 320 Å². The summed E-state index contributed by atoms with van der Waals surface area (Å²) in [6.45, 7) is 0. The number of nitrogens with one attached hydrogen (secondary N) is 2. The average Bonchev–Trinajstić information content (AvgIpc) is 3.14. The lowest BCUT2D eigenvalue weighted by molar-refractivity contribution is -0.141. The van der Waals surface area contributed by atoms with Crippen LogP contribution in [0.4, 0.5) is 38.0 Å². The zero-order chi connectivity index (χ0) is 39.8. The molecule has 0 spiro atoms. The third-order valence-corrected chi connectivity index (χ3v) is 10.7. The lowest BCUT2D eigenvalue weighted by Crippen LogP contribution is -2.50. The number of benzene rings is 2. The number of anilines is 2. The molecular formula is C36H26Cl2F6N8O4. The molecule has 4 N–H and O–H groups in total. The van der Waals surface area contributed by atoms with Gasteiger partial charge in [-0.25, -0.2) is 28.7 Å². The second-order valence-corrected chi connectivity index (χ2v) is 14.2. The van der Waals surface area contributed by atoms with E-state index in [0.29, 0.717) is 18.4 Å². The lowest BCUT2D eigenvalue weighted by atomic mass is 9.72. The number of alkyl halides is 6. The number of para-hydroxylation sites is 1. The molecule has 4 heterocycles. The van der Waals surface area contributed by atoms with E-state index in [1.54, 1.807) is 12.1 Å². The third kappa shape index (κ3) is 6.49. The number of pyridine rings is 2. The molecule has 0 amide bonds. The molecule has 2 aliphatic rings. The minimum Gasteiger partial charge on any atom is -0.391 e. The minimum atomic E-state index is -4.88. The highest BCUT2D eigenvalue weighted by atomic mass is 35.5. The van der Waals surface area contributed by atoms with Crippen LogP contribution in [0, 0.1) is 0 Å². The highest BCUT2D eigenvalue weighted by Crippen LogP contribution is 2.44. The van der Waals surface area contributed by atoms with Crippen LogP contribution in [0.3, 0.4) is 0 Å². The summed E-state index contributed by atoms with van der Waals surface area (Å²) in [4.78, 5) is 42.9. The topological polar surface area (TPSA) is 160 Å². The molecule has 20 heteroatoms. The SMILES string of the molecule is O=c1nc(N[C@@H]2C(c3cccc(-n4c(=O)nc(N[C@@H]5CC[C@H]5O)c5ccc(C(F)(F)F)nc54)c3Cl)C[C@H]2O)c2ccc(C(F)(F)F)nc2n1-c1ccccc1Cl. The van der Waals surface area contributed by atoms with E-state index in [9.17, 15) is 46.1 Å². The zero-order valence-electron chi connectivity index (χ0n) is 28.3. The first-order chi connectivity index (χ1) is 26.5. The maximum Gasteiger partial charge on any atom is 0.433 e. The molecule has 2 aromatic carbocycles. The number of aliphatic hydroxyl groups is 2. The largest absolute Gasteiger partial charge is 0.433 e. The molecule has 6 aromatic rings. The molecular weight excluding hydrogens is 793 g/mol. The maximum absolute atomic E-state index is 13.9. The van der Waals surface area contributed by atoms with Gasteiger partial charge in [-0.15, -0.1) is 0 Å². The average molecular weight is 820 g/mol. The van der Waals surface area contributed by atoms with Crippen LogP contribution in [0.2, 0.25) is 10.0 Å². The lowest BCUT2D eigenvalue weighted by Gasteiger charge is -2.43. The van der Waals surface area contributed by atoms with Crippen LogP contribution in [-0.4, -0.2) is 63.6 Å². The van der Waals surface area contributed by atoms with Crippen molar-refractivity contribution >= 4 is 56.9 Å². The quantitative estimate of drug-likeness (QED) is 0.131. The number of fused-ring (bicyclic) bond motifs is 2. The van der Waals surface area contributed by atoms with E-state index in [4.69, 9.17) is 23.2 Å². The summed E-state index contributed by atoms with van der Waals surface area (Å²) in [7, 11) is 0. The van der Waals surface area contributed by atoms with Gasteiger partial charge in [-0.3, -0.25) is 0 Å². The molecule has 2 saturated carbocycles. The number of halogens is 8. The van der Waals surface area contributed by atoms with E-state index >= 15 is 0 Å². The van der Waals surface area contributed by atoms with Crippen molar-refractivity contribution in [3.8, 4) is 11.4 Å². The predicted octanol–water partition coefficient (Wildman–Crippen LogP) is 6.48. The van der Waals surface area contributed by atoms with Crippen molar-refractivity contribution in [3.05, 3.63) is 115 Å². The molecule has 4 aromatic heterocycles. The van der Waals surface area contributed by atoms with Crippen LogP contribution >= 0.6 is 23.2 Å². The van der Waals surface area contributed by atoms with Gasteiger partial charge in [0.1, 0.15) is 23.0 Å². The molecule has 56 heavy (non-hydrogen) atoms. The second-order valence-electron chi connectivity index (χ2n) is 13.4. The summed E-state index contributed by atoms with van der Waals surface area (Å²) in [6, 6.07) is 12.6. The van der Waals surface area contributed by atoms with Gasteiger partial charge in [0.05, 0.1) is 56.5 Å². The van der Waals surface area contributed by atoms with Gasteiger partial charge in [0, 0.05) is 5.92 Å². The van der Waals surface area contributed by atoms with Gasteiger partial charge in [-0.1, -0.05) is 47.5 Å². The Morgan fingerprint density at radius 1 is 0.661 bits per heavy atom. The molecule has 0 radical (unpaired) electrons. The fourth-order valence-electron chi connectivity index (χ4n) is 6.93. The summed E-state index contributed by atoms with van der Waals surface area (Å²) in [5.41, 5.74) is -5.19. The van der Waals surface area contributed by atoms with E-state index in [-0.39, 0.29) is 50.2 Å². The minimum absolute atomic E-state index is 0.0195. The van der Waals surface area contributed by atoms with Gasteiger partial charge in [0.25, 0.3) is 0 Å². The molecule has 290 valence electrons. The second kappa shape index (κ2) is 13.7. The van der Waals surface area contributed by atoms with Gasteiger partial charge < -0.3 is 20.8 Å². The number of aliphatic hydroxyl groups excluding tert-OH is 2. The zero-order valence-corrected chi connectivity index (χ0v) is 29.8. The molecule has 0 bridgehead atoms. The Morgan fingerprint density at radius 2 is 1.21 bits per heavy atom. The van der Waals surface area contributed by atoms with Gasteiger partial charge in [-0.05, 0) is 67.3 Å². The number of hydrogen-bond donors (Lipinski definition) is 4. The summed E-state index contributed by atoms with van der Waals surface area (Å²) in [6.07, 6.45) is -10.5. The van der Waals surface area contributed by atoms with Crippen LogP contribution in [0.1, 0.15) is 42.1 Å². The Hall–Kier alpha value is -5.30. The molecule has 2 aliphatic carbocycles. The van der Waals surface area contributed by atoms with Crippen LogP contribution in [-0.2, 0) is 12.4 Å². The fraction of sp³-hybridized carbons (Fsp3) is 0.278. The van der Waals surface area contributed by atoms with Gasteiger partial charge in [0.15, 0.2) is 11.3 Å². The predicted molar refractivity (Wildman–Crippen MR) is 194 cm³/mol. The Kier molecular flexibility index (Phi) is 9.21. The molecule has 2 fully saturated rings. The Morgan fingerprint density at radius 3 is 1.73 bits per heavy atom. The monoisotopic (exact) mass is 818 g/mol. The van der Waals surface area contributed by atoms with Crippen molar-refractivity contribution in [1.29, 1.82) is 0 Å². The van der Waals surface area contributed by atoms with Gasteiger partial charge in [-0.2, -0.15) is 36.3 Å². The first-order valence-electron chi connectivity index (χ1n) is 17.0. The van der Waals surface area contributed by atoms with E-state index in [1.165, 1.54) is 30.3 Å². The molecule has 5 atom stereocenters. The van der Waals surface area contributed by atoms with Crippen LogP contribution in [0.25, 0.3) is 33.4 Å². The Balaban J connectivity index is 1.21. The number of aromatic nitrogens is 6. The number of hydrogen-bond acceptors (Lipinski definition) is 10. The fourth-order valence-corrected chi connectivity index (χ4v) is 7.50. The Bertz CT molecular complexity index is 2670. The highest BCUT2D eigenvalue weighted by molar-refractivity contribution is 6.33. The molecule has 0 saturated heterocycles. The van der Waals surface area contributed by atoms with Crippen molar-refractivity contribution in [3.63, 3.8) is 0 Å². The summed E-state index contributed by atoms with van der Waals surface area (Å²) < 4.78 is 84.9. The van der Waals surface area contributed by atoms with Crippen LogP contribution in [0.15, 0.2) is 76.3 Å². The number of nitrogens with zero attached hydrogens (tertiary/aromatic N) is 6. The van der Waals surface area contributed by atoms with Crippen LogP contribution < -0.4 is 22.0 Å². The van der Waals surface area contributed by atoms with E-state index < -0.39 is 76.6 Å². The first-order valence-corrected chi connectivity index (χ1v) is 17.7. The van der Waals surface area contributed by atoms with Crippen molar-refractivity contribution in [1.82, 2.24) is 29.1 Å². The summed E-state index contributed by atoms with van der Waals surface area (Å²) in [5, 5.41) is 26.9. The number of rotatable bonds is 7. The smallest absolute Gasteiger partial charge is 0.391 e. The van der Waals surface area contributed by atoms with Gasteiger partial charge >= 0.3 is 23.7 Å². The van der Waals surface area contributed by atoms with Crippen molar-refractivity contribution in [2.75, 3.05) is 10.6 Å². The van der Waals surface area contributed by atoms with Gasteiger partial charge in [0.2, 0.25) is 0 Å². The first kappa shape index (κ1) is 37.6. The van der Waals surface area contributed by atoms with E-state index in [2.05, 4.69) is 30.6 Å². The van der Waals surface area contributed by atoms with Crippen molar-refractivity contribution in [2.24, 2.45) is 0 Å². The van der Waals surface area contributed by atoms with Crippen LogP contribution in [0.5, 0.6) is 0 Å². The van der Waals surface area contributed by atoms with Crippen molar-refractivity contribution < 1.29 is 36.6 Å². The molecule has 1 unspecified atom stereocenters. The molecule has 8 rings (SSSR count).